The van der Waals surface area contributed by atoms with Gasteiger partial charge < -0.3 is 24.6 Å². The molecule has 3 heterocycles. The summed E-state index contributed by atoms with van der Waals surface area (Å²) in [6, 6.07) is 5.26. The number of carbonyl (C=O) groups is 2. The predicted octanol–water partition coefficient (Wildman–Crippen LogP) is 1.66. The van der Waals surface area contributed by atoms with Crippen molar-refractivity contribution in [2.24, 2.45) is 4.99 Å². The molecule has 1 aliphatic heterocycles. The van der Waals surface area contributed by atoms with Gasteiger partial charge in [-0.3, -0.25) is 19.1 Å². The molecule has 1 aliphatic rings. The highest BCUT2D eigenvalue weighted by Gasteiger charge is 2.30. The summed E-state index contributed by atoms with van der Waals surface area (Å²) in [5.41, 5.74) is 0.354. The van der Waals surface area contributed by atoms with Crippen molar-refractivity contribution in [2.45, 2.75) is 26.0 Å². The fourth-order valence-electron chi connectivity index (χ4n) is 3.04. The van der Waals surface area contributed by atoms with Crippen LogP contribution in [0.15, 0.2) is 42.0 Å². The monoisotopic (exact) mass is 413 g/mol. The van der Waals surface area contributed by atoms with E-state index in [1.54, 1.807) is 38.3 Å². The minimum absolute atomic E-state index is 0.311. The van der Waals surface area contributed by atoms with Gasteiger partial charge in [-0.1, -0.05) is 6.08 Å². The maximum absolute atomic E-state index is 12.7. The van der Waals surface area contributed by atoms with E-state index in [0.717, 1.165) is 5.69 Å². The number of carbonyl (C=O) groups excluding carboxylic acids is 2. The first-order valence-electron chi connectivity index (χ1n) is 9.69. The second-order valence-electron chi connectivity index (χ2n) is 7.47. The number of ether oxygens (including phenoxy) is 1. The van der Waals surface area contributed by atoms with Crippen LogP contribution >= 0.6 is 0 Å². The van der Waals surface area contributed by atoms with Crippen LogP contribution in [-0.4, -0.2) is 64.3 Å². The minimum Gasteiger partial charge on any atom is -0.488 e. The van der Waals surface area contributed by atoms with E-state index >= 15 is 0 Å². The van der Waals surface area contributed by atoms with Crippen molar-refractivity contribution in [3.63, 3.8) is 0 Å². The van der Waals surface area contributed by atoms with Crippen molar-refractivity contribution in [3.05, 3.63) is 48.2 Å². The number of aromatic amines is 1. The third-order valence-corrected chi connectivity index (χ3v) is 4.94. The Morgan fingerprint density at radius 3 is 2.90 bits per heavy atom. The lowest BCUT2D eigenvalue weighted by Gasteiger charge is -2.30. The lowest BCUT2D eigenvalue weighted by molar-refractivity contribution is -0.0459. The van der Waals surface area contributed by atoms with Gasteiger partial charge in [0.1, 0.15) is 23.5 Å². The summed E-state index contributed by atoms with van der Waals surface area (Å²) in [7, 11) is 1.53. The number of amides is 1. The fraction of sp³-hybridized carbons (Fsp3) is 0.381. The minimum atomic E-state index is -1.30. The molecule has 0 fully saturated rings. The summed E-state index contributed by atoms with van der Waals surface area (Å²) in [4.78, 5) is 34.9. The molecule has 30 heavy (non-hydrogen) atoms. The Bertz CT molecular complexity index is 1020. The maximum atomic E-state index is 12.7. The van der Waals surface area contributed by atoms with Crippen molar-refractivity contribution in [3.8, 4) is 5.75 Å². The molecule has 3 rings (SSSR count). The number of anilines is 2. The van der Waals surface area contributed by atoms with E-state index in [1.165, 1.54) is 16.5 Å². The first-order valence-corrected chi connectivity index (χ1v) is 9.69. The van der Waals surface area contributed by atoms with Crippen molar-refractivity contribution in [1.82, 2.24) is 14.5 Å². The highest BCUT2D eigenvalue weighted by atomic mass is 16.5. The number of fused-ring (bicyclic) bond motifs is 1. The molecule has 2 aromatic rings. The number of hydrogen-bond acceptors (Lipinski definition) is 6. The zero-order chi connectivity index (χ0) is 21.9. The van der Waals surface area contributed by atoms with Gasteiger partial charge in [-0.05, 0) is 26.3 Å². The number of hydrogen-bond donors (Lipinski definition) is 2. The van der Waals surface area contributed by atoms with Crippen LogP contribution in [0.3, 0.4) is 0 Å². The number of aromatic nitrogens is 2. The molecular weight excluding hydrogens is 386 g/mol. The Hall–Kier alpha value is -3.33. The van der Waals surface area contributed by atoms with Gasteiger partial charge in [0.2, 0.25) is 6.41 Å². The van der Waals surface area contributed by atoms with Crippen LogP contribution in [0.1, 0.15) is 30.8 Å². The van der Waals surface area contributed by atoms with Gasteiger partial charge in [-0.2, -0.15) is 0 Å². The van der Waals surface area contributed by atoms with E-state index in [4.69, 9.17) is 4.74 Å². The average molecular weight is 413 g/mol. The summed E-state index contributed by atoms with van der Waals surface area (Å²) in [5.74, 6) is 0.827. The number of nitrogens with zero attached hydrogens (tertiary/aromatic N) is 4. The second-order valence-corrected chi connectivity index (χ2v) is 7.47. The van der Waals surface area contributed by atoms with Gasteiger partial charge in [0.05, 0.1) is 6.54 Å². The lowest BCUT2D eigenvalue weighted by Crippen LogP contribution is -2.44. The zero-order valence-electron chi connectivity index (χ0n) is 17.5. The van der Waals surface area contributed by atoms with Crippen LogP contribution in [0, 0.1) is 0 Å². The fourth-order valence-corrected chi connectivity index (χ4v) is 3.04. The summed E-state index contributed by atoms with van der Waals surface area (Å²) < 4.78 is 7.14. The van der Waals surface area contributed by atoms with Crippen molar-refractivity contribution >= 4 is 23.8 Å². The molecule has 0 saturated heterocycles. The van der Waals surface area contributed by atoms with Crippen molar-refractivity contribution in [1.29, 1.82) is 0 Å². The van der Waals surface area contributed by atoms with Gasteiger partial charge in [0.15, 0.2) is 11.6 Å². The topological polar surface area (TPSA) is 103 Å². The standard InChI is InChI=1S/C21H27N5O4/c1-5-6-8-22-18-12-15(7-9-25(18)14-27)26-10-11-30-17-13-16(23-19(17)26)20(28)24(4)21(2,3)29/h5,7,9,12-14,23,29H,1,6,8,10-11H2,2-4H3/b22-18-. The number of rotatable bonds is 7. The van der Waals surface area contributed by atoms with E-state index in [9.17, 15) is 14.7 Å². The molecule has 0 spiro atoms. The Kier molecular flexibility index (Phi) is 6.12. The van der Waals surface area contributed by atoms with Crippen molar-refractivity contribution in [2.75, 3.05) is 31.6 Å². The summed E-state index contributed by atoms with van der Waals surface area (Å²) >= 11 is 0. The molecule has 0 aromatic carbocycles. The number of pyridine rings is 1. The van der Waals surface area contributed by atoms with Crippen LogP contribution in [-0.2, 0) is 4.79 Å². The SMILES string of the molecule is C=CCC/N=c1/cc(N2CCOc3cc(C(=O)N(C)C(C)(C)O)[nH]c32)ccn1C=O. The molecule has 160 valence electrons. The van der Waals surface area contributed by atoms with Gasteiger partial charge >= 0.3 is 0 Å². The normalized spacial score (nSPS) is 14.1. The highest BCUT2D eigenvalue weighted by Crippen LogP contribution is 2.36. The van der Waals surface area contributed by atoms with E-state index in [2.05, 4.69) is 16.6 Å². The third-order valence-electron chi connectivity index (χ3n) is 4.94. The van der Waals surface area contributed by atoms with Crippen LogP contribution < -0.4 is 15.1 Å². The summed E-state index contributed by atoms with van der Waals surface area (Å²) in [5, 5.41) is 10.1. The second kappa shape index (κ2) is 8.58. The smallest absolute Gasteiger partial charge is 0.272 e. The van der Waals surface area contributed by atoms with E-state index in [-0.39, 0.29) is 5.91 Å². The van der Waals surface area contributed by atoms with Crippen LogP contribution in [0.25, 0.3) is 0 Å². The van der Waals surface area contributed by atoms with Crippen molar-refractivity contribution < 1.29 is 19.4 Å². The van der Waals surface area contributed by atoms with Crippen LogP contribution in [0.4, 0.5) is 11.5 Å². The molecule has 0 bridgehead atoms. The molecule has 0 radical (unpaired) electrons. The molecule has 2 aromatic heterocycles. The first-order chi connectivity index (χ1) is 14.3. The molecule has 0 atom stereocenters. The van der Waals surface area contributed by atoms with E-state index < -0.39 is 5.72 Å². The van der Waals surface area contributed by atoms with Crippen LogP contribution in [0.5, 0.6) is 5.75 Å². The quantitative estimate of drug-likeness (QED) is 0.311. The molecule has 0 saturated carbocycles. The number of aliphatic hydroxyl groups is 1. The zero-order valence-corrected chi connectivity index (χ0v) is 17.5. The summed E-state index contributed by atoms with van der Waals surface area (Å²) in [6.07, 6.45) is 4.84. The lowest BCUT2D eigenvalue weighted by atomic mass is 10.2. The third kappa shape index (κ3) is 4.30. The average Bonchev–Trinajstić information content (AvgIpc) is 3.16. The van der Waals surface area contributed by atoms with Gasteiger partial charge in [0.25, 0.3) is 5.91 Å². The Morgan fingerprint density at radius 1 is 1.47 bits per heavy atom. The Labute approximate surface area is 174 Å². The van der Waals surface area contributed by atoms with E-state index in [1.807, 2.05) is 11.0 Å². The molecular formula is C21H27N5O4. The number of nitrogens with one attached hydrogen (secondary N) is 1. The highest BCUT2D eigenvalue weighted by molar-refractivity contribution is 5.94. The predicted molar refractivity (Wildman–Crippen MR) is 114 cm³/mol. The molecule has 2 N–H and O–H groups in total. The molecule has 9 heteroatoms. The molecule has 9 nitrogen and oxygen atoms in total. The largest absolute Gasteiger partial charge is 0.488 e. The van der Waals surface area contributed by atoms with Gasteiger partial charge in [-0.25, -0.2) is 0 Å². The van der Waals surface area contributed by atoms with E-state index in [0.29, 0.717) is 55.3 Å². The Morgan fingerprint density at radius 2 is 2.23 bits per heavy atom. The molecule has 0 unspecified atom stereocenters. The first kappa shape index (κ1) is 21.4. The molecule has 1 amide bonds. The number of H-pyrrole nitrogens is 1. The maximum Gasteiger partial charge on any atom is 0.272 e. The Balaban J connectivity index is 1.97. The molecule has 0 aliphatic carbocycles. The van der Waals surface area contributed by atoms with Gasteiger partial charge in [-0.15, -0.1) is 6.58 Å². The summed E-state index contributed by atoms with van der Waals surface area (Å²) in [6.45, 7) is 8.29. The van der Waals surface area contributed by atoms with Gasteiger partial charge in [0, 0.05) is 37.6 Å². The van der Waals surface area contributed by atoms with Crippen LogP contribution in [0.2, 0.25) is 0 Å².